The molecule has 1 aromatic carbocycles. The maximum absolute atomic E-state index is 12.4. The van der Waals surface area contributed by atoms with Crippen molar-refractivity contribution in [2.75, 3.05) is 0 Å². The molecule has 0 amide bonds. The average Bonchev–Trinajstić information content (AvgIpc) is 2.61. The molecular weight excluding hydrogens is 242 g/mol. The Bertz CT molecular complexity index is 666. The van der Waals surface area contributed by atoms with Crippen molar-refractivity contribution in [3.8, 4) is 5.69 Å². The van der Waals surface area contributed by atoms with Gasteiger partial charge in [0.15, 0.2) is 0 Å². The van der Waals surface area contributed by atoms with E-state index in [1.54, 1.807) is 9.36 Å². The van der Waals surface area contributed by atoms with Gasteiger partial charge in [-0.2, -0.15) is 0 Å². The van der Waals surface area contributed by atoms with Gasteiger partial charge in [0, 0.05) is 13.1 Å². The van der Waals surface area contributed by atoms with Gasteiger partial charge in [-0.3, -0.25) is 0 Å². The summed E-state index contributed by atoms with van der Waals surface area (Å²) in [5, 5.41) is 0. The zero-order chi connectivity index (χ0) is 13.4. The third-order valence-electron chi connectivity index (χ3n) is 3.65. The third-order valence-corrected chi connectivity index (χ3v) is 3.65. The highest BCUT2D eigenvalue weighted by molar-refractivity contribution is 5.33. The van der Waals surface area contributed by atoms with Gasteiger partial charge in [-0.15, -0.1) is 0 Å². The van der Waals surface area contributed by atoms with E-state index >= 15 is 0 Å². The van der Waals surface area contributed by atoms with Gasteiger partial charge in [0.05, 0.1) is 5.69 Å². The molecule has 0 atom stereocenters. The summed E-state index contributed by atoms with van der Waals surface area (Å²) in [6.45, 7) is 3.24. The van der Waals surface area contributed by atoms with Crippen LogP contribution in [0.4, 0.5) is 0 Å². The van der Waals surface area contributed by atoms with Crippen molar-refractivity contribution in [1.82, 2.24) is 13.9 Å². The molecule has 0 saturated heterocycles. The predicted octanol–water partition coefficient (Wildman–Crippen LogP) is 1.29. The van der Waals surface area contributed by atoms with Crippen molar-refractivity contribution in [2.45, 2.75) is 39.3 Å². The van der Waals surface area contributed by atoms with E-state index in [-0.39, 0.29) is 11.4 Å². The normalized spacial score (nSPS) is 15.0. The molecule has 2 aromatic rings. The molecule has 0 N–H and O–H groups in total. The van der Waals surface area contributed by atoms with Gasteiger partial charge in [0.1, 0.15) is 0 Å². The molecule has 0 radical (unpaired) electrons. The summed E-state index contributed by atoms with van der Waals surface area (Å²) in [5.74, 6) is 0. The molecule has 2 heterocycles. The van der Waals surface area contributed by atoms with Crippen molar-refractivity contribution in [2.24, 2.45) is 0 Å². The van der Waals surface area contributed by atoms with Gasteiger partial charge in [-0.1, -0.05) is 17.7 Å². The van der Waals surface area contributed by atoms with Gasteiger partial charge in [0.2, 0.25) is 0 Å². The first-order valence-electron chi connectivity index (χ1n) is 6.68. The highest BCUT2D eigenvalue weighted by Crippen LogP contribution is 2.08. The minimum Gasteiger partial charge on any atom is -0.246 e. The summed E-state index contributed by atoms with van der Waals surface area (Å²) in [7, 11) is 0. The van der Waals surface area contributed by atoms with Crippen LogP contribution in [0.25, 0.3) is 5.69 Å². The number of benzene rings is 1. The first-order chi connectivity index (χ1) is 9.18. The number of hydrogen-bond donors (Lipinski definition) is 0. The number of aryl methyl sites for hydroxylation is 1. The largest absolute Gasteiger partial charge is 0.351 e. The summed E-state index contributed by atoms with van der Waals surface area (Å²) in [5.41, 5.74) is 1.30. The van der Waals surface area contributed by atoms with Gasteiger partial charge < -0.3 is 0 Å². The van der Waals surface area contributed by atoms with Crippen LogP contribution in [0.5, 0.6) is 0 Å². The number of nitrogens with zero attached hydrogens (tertiary/aromatic N) is 3. The molecule has 0 unspecified atom stereocenters. The monoisotopic (exact) mass is 259 g/mol. The van der Waals surface area contributed by atoms with E-state index in [1.807, 2.05) is 31.2 Å². The summed E-state index contributed by atoms with van der Waals surface area (Å²) in [6, 6.07) is 7.46. The lowest BCUT2D eigenvalue weighted by Gasteiger charge is -2.01. The van der Waals surface area contributed by atoms with Crippen molar-refractivity contribution < 1.29 is 0 Å². The second kappa shape index (κ2) is 4.57. The van der Waals surface area contributed by atoms with E-state index in [2.05, 4.69) is 0 Å². The van der Waals surface area contributed by atoms with Crippen molar-refractivity contribution >= 4 is 0 Å². The molecule has 5 nitrogen and oxygen atoms in total. The van der Waals surface area contributed by atoms with Crippen LogP contribution in [0.15, 0.2) is 33.9 Å². The molecule has 1 aromatic heterocycles. The summed E-state index contributed by atoms with van der Waals surface area (Å²) >= 11 is 0. The summed E-state index contributed by atoms with van der Waals surface area (Å²) in [6.07, 6.45) is 2.98. The van der Waals surface area contributed by atoms with Crippen LogP contribution in [0.1, 0.15) is 24.8 Å². The van der Waals surface area contributed by atoms with Gasteiger partial charge in [-0.05, 0) is 38.3 Å². The van der Waals surface area contributed by atoms with E-state index in [9.17, 15) is 9.59 Å². The highest BCUT2D eigenvalue weighted by Gasteiger charge is 2.18. The van der Waals surface area contributed by atoms with Crippen molar-refractivity contribution in [1.29, 1.82) is 0 Å². The second-order valence-corrected chi connectivity index (χ2v) is 5.04. The zero-order valence-electron chi connectivity index (χ0n) is 11.0. The Morgan fingerprint density at radius 1 is 0.842 bits per heavy atom. The molecule has 0 fully saturated rings. The molecule has 5 heteroatoms. The lowest BCUT2D eigenvalue weighted by Crippen LogP contribution is -2.27. The molecule has 19 heavy (non-hydrogen) atoms. The van der Waals surface area contributed by atoms with Gasteiger partial charge in [0.25, 0.3) is 0 Å². The number of hydrogen-bond acceptors (Lipinski definition) is 2. The fraction of sp³-hybridized carbons (Fsp3) is 0.429. The first kappa shape index (κ1) is 12.0. The number of rotatable bonds is 1. The Morgan fingerprint density at radius 3 is 1.89 bits per heavy atom. The van der Waals surface area contributed by atoms with Gasteiger partial charge >= 0.3 is 11.4 Å². The minimum absolute atomic E-state index is 0.226. The van der Waals surface area contributed by atoms with E-state index in [0.29, 0.717) is 18.8 Å². The minimum atomic E-state index is -0.226. The Kier molecular flexibility index (Phi) is 2.89. The maximum atomic E-state index is 12.4. The predicted molar refractivity (Wildman–Crippen MR) is 72.9 cm³/mol. The van der Waals surface area contributed by atoms with Crippen molar-refractivity contribution in [3.05, 3.63) is 50.8 Å². The molecule has 0 spiro atoms. The van der Waals surface area contributed by atoms with Crippen LogP contribution in [0.2, 0.25) is 0 Å². The topological polar surface area (TPSA) is 48.9 Å². The van der Waals surface area contributed by atoms with Crippen LogP contribution in [0.3, 0.4) is 0 Å². The molecule has 1 aliphatic rings. The lowest BCUT2D eigenvalue weighted by atomic mass is 10.2. The van der Waals surface area contributed by atoms with Crippen LogP contribution in [-0.4, -0.2) is 13.9 Å². The van der Waals surface area contributed by atoms with Crippen LogP contribution in [0, 0.1) is 6.92 Å². The quantitative estimate of drug-likeness (QED) is 0.775. The third kappa shape index (κ3) is 1.95. The first-order valence-corrected chi connectivity index (χ1v) is 6.68. The van der Waals surface area contributed by atoms with E-state index < -0.39 is 0 Å². The zero-order valence-corrected chi connectivity index (χ0v) is 11.0. The summed E-state index contributed by atoms with van der Waals surface area (Å²) in [4.78, 5) is 24.8. The molecule has 100 valence electrons. The standard InChI is InChI=1S/C14H17N3O2/c1-11-5-7-12(8-6-11)17-13(18)15-9-3-2-4-10-16(15)14(17)19/h5-8H,2-4,9-10H2,1H3. The fourth-order valence-electron chi connectivity index (χ4n) is 2.57. The van der Waals surface area contributed by atoms with E-state index in [4.69, 9.17) is 0 Å². The second-order valence-electron chi connectivity index (χ2n) is 5.04. The SMILES string of the molecule is Cc1ccc(-n2c(=O)n3n(c2=O)CCCCC3)cc1. The highest BCUT2D eigenvalue weighted by atomic mass is 16.2. The smallest absolute Gasteiger partial charge is 0.246 e. The summed E-state index contributed by atoms with van der Waals surface area (Å²) < 4.78 is 4.43. The Morgan fingerprint density at radius 2 is 1.37 bits per heavy atom. The number of fused-ring (bicyclic) bond motifs is 1. The lowest BCUT2D eigenvalue weighted by molar-refractivity contribution is 0.466. The van der Waals surface area contributed by atoms with Crippen LogP contribution in [-0.2, 0) is 13.1 Å². The molecule has 0 saturated carbocycles. The fourth-order valence-corrected chi connectivity index (χ4v) is 2.57. The van der Waals surface area contributed by atoms with E-state index in [1.165, 1.54) is 4.57 Å². The Labute approximate surface area is 110 Å². The average molecular weight is 259 g/mol. The molecule has 1 aliphatic heterocycles. The molecular formula is C14H17N3O2. The van der Waals surface area contributed by atoms with Crippen molar-refractivity contribution in [3.63, 3.8) is 0 Å². The molecule has 0 aliphatic carbocycles. The number of aromatic nitrogens is 3. The Balaban J connectivity index is 2.20. The van der Waals surface area contributed by atoms with Crippen LogP contribution < -0.4 is 11.4 Å². The van der Waals surface area contributed by atoms with E-state index in [0.717, 1.165) is 24.8 Å². The van der Waals surface area contributed by atoms with Crippen LogP contribution >= 0.6 is 0 Å². The molecule has 0 bridgehead atoms. The maximum Gasteiger partial charge on any atom is 0.351 e. The Hall–Kier alpha value is -2.04. The van der Waals surface area contributed by atoms with Gasteiger partial charge in [-0.25, -0.2) is 23.5 Å². The molecule has 3 rings (SSSR count).